The molecule has 4 heteroatoms. The lowest BCUT2D eigenvalue weighted by molar-refractivity contribution is -0.0158. The summed E-state index contributed by atoms with van der Waals surface area (Å²) in [6, 6.07) is 5.56. The molecule has 0 amide bonds. The third-order valence-corrected chi connectivity index (χ3v) is 4.90. The van der Waals surface area contributed by atoms with E-state index in [1.807, 2.05) is 6.07 Å². The lowest BCUT2D eigenvalue weighted by atomic mass is 9.88. The average Bonchev–Trinajstić information content (AvgIpc) is 2.76. The largest absolute Gasteiger partial charge is 0.457 e. The van der Waals surface area contributed by atoms with Gasteiger partial charge in [-0.3, -0.25) is 4.90 Å². The number of carbonyl (C=O) groups excluding carboxylic acids is 1. The van der Waals surface area contributed by atoms with E-state index >= 15 is 0 Å². The van der Waals surface area contributed by atoms with Gasteiger partial charge in [-0.05, 0) is 30.5 Å². The first-order valence-electron chi connectivity index (χ1n) is 7.00. The maximum Gasteiger partial charge on any atom is 0.338 e. The van der Waals surface area contributed by atoms with E-state index in [4.69, 9.17) is 4.74 Å². The Bertz CT molecular complexity index is 555. The number of cyclic esters (lactones) is 1. The van der Waals surface area contributed by atoms with Crippen LogP contribution in [0, 0.1) is 6.92 Å². The summed E-state index contributed by atoms with van der Waals surface area (Å²) in [5.74, 6) is -0.171. The molecule has 100 valence electrons. The van der Waals surface area contributed by atoms with Crippen molar-refractivity contribution in [3.05, 3.63) is 34.4 Å². The molecule has 0 spiro atoms. The minimum absolute atomic E-state index is 0.171. The molecule has 0 aliphatic carbocycles. The second kappa shape index (κ2) is 4.05. The van der Waals surface area contributed by atoms with E-state index in [-0.39, 0.29) is 5.97 Å². The molecule has 0 aromatic heterocycles. The summed E-state index contributed by atoms with van der Waals surface area (Å²) in [5, 5.41) is 3.43. The molecule has 2 atom stereocenters. The summed E-state index contributed by atoms with van der Waals surface area (Å²) >= 11 is 0. The first-order chi connectivity index (χ1) is 9.24. The van der Waals surface area contributed by atoms with Crippen molar-refractivity contribution in [2.45, 2.75) is 32.0 Å². The van der Waals surface area contributed by atoms with E-state index in [2.05, 4.69) is 23.2 Å². The lowest BCUT2D eigenvalue weighted by Crippen LogP contribution is -2.77. The monoisotopic (exact) mass is 258 g/mol. The van der Waals surface area contributed by atoms with Crippen LogP contribution in [-0.2, 0) is 17.8 Å². The number of esters is 1. The highest BCUT2D eigenvalue weighted by atomic mass is 16.5. The summed E-state index contributed by atoms with van der Waals surface area (Å²) in [7, 11) is 0. The normalized spacial score (nSPS) is 28.2. The zero-order chi connectivity index (χ0) is 13.0. The second-order valence-corrected chi connectivity index (χ2v) is 5.78. The van der Waals surface area contributed by atoms with Crippen LogP contribution in [0.1, 0.15) is 27.0 Å². The van der Waals surface area contributed by atoms with Crippen LogP contribution in [0.4, 0.5) is 0 Å². The van der Waals surface area contributed by atoms with Gasteiger partial charge < -0.3 is 10.1 Å². The van der Waals surface area contributed by atoms with Crippen LogP contribution in [0.2, 0.25) is 0 Å². The highest BCUT2D eigenvalue weighted by Gasteiger charge is 2.44. The Labute approximate surface area is 112 Å². The van der Waals surface area contributed by atoms with E-state index in [9.17, 15) is 4.79 Å². The van der Waals surface area contributed by atoms with Gasteiger partial charge in [0.1, 0.15) is 6.61 Å². The van der Waals surface area contributed by atoms with Crippen LogP contribution in [0.25, 0.3) is 0 Å². The zero-order valence-electron chi connectivity index (χ0n) is 11.1. The summed E-state index contributed by atoms with van der Waals surface area (Å²) in [6.07, 6.45) is 1.07. The molecule has 1 aromatic carbocycles. The molecule has 4 nitrogen and oxygen atoms in total. The number of hydrogen-bond acceptors (Lipinski definition) is 4. The van der Waals surface area contributed by atoms with Gasteiger partial charge in [-0.1, -0.05) is 6.07 Å². The van der Waals surface area contributed by atoms with Gasteiger partial charge in [0.15, 0.2) is 0 Å². The van der Waals surface area contributed by atoms with Crippen molar-refractivity contribution in [2.75, 3.05) is 19.6 Å². The fourth-order valence-corrected chi connectivity index (χ4v) is 3.40. The molecule has 3 heterocycles. The SMILES string of the molecule is Cc1c(CCN2CC3NCC32)ccc2c1COC2=O. The summed E-state index contributed by atoms with van der Waals surface area (Å²) in [5.41, 5.74) is 4.45. The van der Waals surface area contributed by atoms with E-state index in [0.29, 0.717) is 6.61 Å². The Balaban J connectivity index is 1.48. The van der Waals surface area contributed by atoms with Gasteiger partial charge in [-0.2, -0.15) is 0 Å². The first kappa shape index (κ1) is 11.4. The zero-order valence-corrected chi connectivity index (χ0v) is 11.1. The van der Waals surface area contributed by atoms with Crippen LogP contribution in [0.3, 0.4) is 0 Å². The van der Waals surface area contributed by atoms with Crippen molar-refractivity contribution in [1.29, 1.82) is 0 Å². The van der Waals surface area contributed by atoms with Crippen LogP contribution in [0.15, 0.2) is 12.1 Å². The number of likely N-dealkylation sites (tertiary alicyclic amines) is 1. The Morgan fingerprint density at radius 3 is 3.05 bits per heavy atom. The minimum atomic E-state index is -0.171. The Hall–Kier alpha value is -1.39. The van der Waals surface area contributed by atoms with Crippen LogP contribution >= 0.6 is 0 Å². The summed E-state index contributed by atoms with van der Waals surface area (Å²) in [6.45, 7) is 6.02. The quantitative estimate of drug-likeness (QED) is 0.817. The average molecular weight is 258 g/mol. The van der Waals surface area contributed by atoms with Gasteiger partial charge in [0.2, 0.25) is 0 Å². The third-order valence-electron chi connectivity index (χ3n) is 4.90. The molecule has 3 aliphatic rings. The maximum absolute atomic E-state index is 11.5. The highest BCUT2D eigenvalue weighted by molar-refractivity contribution is 5.93. The number of rotatable bonds is 3. The summed E-state index contributed by atoms with van der Waals surface area (Å²) in [4.78, 5) is 14.1. The first-order valence-corrected chi connectivity index (χ1v) is 7.00. The van der Waals surface area contributed by atoms with E-state index in [1.165, 1.54) is 17.7 Å². The molecule has 1 N–H and O–H groups in total. The number of ether oxygens (including phenoxy) is 1. The smallest absolute Gasteiger partial charge is 0.338 e. The van der Waals surface area contributed by atoms with Gasteiger partial charge in [-0.25, -0.2) is 4.79 Å². The molecular weight excluding hydrogens is 240 g/mol. The fourth-order valence-electron chi connectivity index (χ4n) is 3.40. The molecular formula is C15H18N2O2. The maximum atomic E-state index is 11.5. The fraction of sp³-hybridized carbons (Fsp3) is 0.533. The van der Waals surface area contributed by atoms with Gasteiger partial charge in [0.25, 0.3) is 0 Å². The van der Waals surface area contributed by atoms with Gasteiger partial charge in [-0.15, -0.1) is 0 Å². The molecule has 4 rings (SSSR count). The van der Waals surface area contributed by atoms with Crippen molar-refractivity contribution in [2.24, 2.45) is 0 Å². The topological polar surface area (TPSA) is 41.6 Å². The van der Waals surface area contributed by atoms with Gasteiger partial charge in [0, 0.05) is 37.3 Å². The molecule has 0 radical (unpaired) electrons. The van der Waals surface area contributed by atoms with Crippen molar-refractivity contribution in [3.63, 3.8) is 0 Å². The molecule has 1 aromatic rings. The standard InChI is InChI=1S/C15H18N2O2/c1-9-10(2-3-11-12(9)8-19-15(11)18)4-5-17-7-13-14(17)6-16-13/h2-3,13-14,16H,4-8H2,1H3. The molecule has 0 bridgehead atoms. The van der Waals surface area contributed by atoms with Crippen molar-refractivity contribution in [3.8, 4) is 0 Å². The molecule has 2 fully saturated rings. The second-order valence-electron chi connectivity index (χ2n) is 5.78. The molecule has 0 saturated carbocycles. The number of hydrogen-bond donors (Lipinski definition) is 1. The predicted molar refractivity (Wildman–Crippen MR) is 71.2 cm³/mol. The number of piperazine rings is 1. The Kier molecular flexibility index (Phi) is 2.44. The van der Waals surface area contributed by atoms with Gasteiger partial charge in [0.05, 0.1) is 5.56 Å². The third kappa shape index (κ3) is 1.63. The summed E-state index contributed by atoms with van der Waals surface area (Å²) < 4.78 is 5.10. The number of carbonyl (C=O) groups is 1. The molecule has 19 heavy (non-hydrogen) atoms. The van der Waals surface area contributed by atoms with E-state index in [1.54, 1.807) is 0 Å². The Morgan fingerprint density at radius 1 is 1.47 bits per heavy atom. The molecule has 2 unspecified atom stereocenters. The molecule has 2 saturated heterocycles. The number of fused-ring (bicyclic) bond motifs is 2. The minimum Gasteiger partial charge on any atom is -0.457 e. The van der Waals surface area contributed by atoms with Crippen molar-refractivity contribution < 1.29 is 9.53 Å². The molecule has 3 aliphatic heterocycles. The predicted octanol–water partition coefficient (Wildman–Crippen LogP) is 0.864. The number of benzene rings is 1. The highest BCUT2D eigenvalue weighted by Crippen LogP contribution is 2.28. The van der Waals surface area contributed by atoms with Crippen LogP contribution in [0.5, 0.6) is 0 Å². The lowest BCUT2D eigenvalue weighted by Gasteiger charge is -2.56. The van der Waals surface area contributed by atoms with Crippen LogP contribution < -0.4 is 5.32 Å². The number of nitrogens with zero attached hydrogens (tertiary/aromatic N) is 1. The van der Waals surface area contributed by atoms with E-state index in [0.717, 1.165) is 42.7 Å². The van der Waals surface area contributed by atoms with E-state index < -0.39 is 0 Å². The van der Waals surface area contributed by atoms with Crippen LogP contribution in [-0.4, -0.2) is 42.6 Å². The van der Waals surface area contributed by atoms with Crippen molar-refractivity contribution in [1.82, 2.24) is 10.2 Å². The van der Waals surface area contributed by atoms with Crippen molar-refractivity contribution >= 4 is 5.97 Å². The Morgan fingerprint density at radius 2 is 2.37 bits per heavy atom. The number of nitrogens with one attached hydrogen (secondary N) is 1. The van der Waals surface area contributed by atoms with Gasteiger partial charge >= 0.3 is 5.97 Å².